The first kappa shape index (κ1) is 23.5. The summed E-state index contributed by atoms with van der Waals surface area (Å²) in [5, 5.41) is 1.26. The lowest BCUT2D eigenvalue weighted by Gasteiger charge is -2.18. The first-order valence-electron chi connectivity index (χ1n) is 10.5. The summed E-state index contributed by atoms with van der Waals surface area (Å²) in [5.74, 6) is 0.371. The van der Waals surface area contributed by atoms with E-state index in [2.05, 4.69) is 14.7 Å². The van der Waals surface area contributed by atoms with Crippen LogP contribution in [0.3, 0.4) is 0 Å². The number of para-hydroxylation sites is 1. The fourth-order valence-electron chi connectivity index (χ4n) is 3.76. The normalized spacial score (nSPS) is 16.0. The lowest BCUT2D eigenvalue weighted by atomic mass is 10.1. The maximum atomic E-state index is 13.0. The number of nitrogens with one attached hydrogen (secondary N) is 1. The van der Waals surface area contributed by atoms with Gasteiger partial charge < -0.3 is 0 Å². The van der Waals surface area contributed by atoms with E-state index in [1.807, 2.05) is 24.3 Å². The molecule has 0 radical (unpaired) electrons. The lowest BCUT2D eigenvalue weighted by Crippen LogP contribution is -2.30. The molecule has 1 aliphatic rings. The first-order valence-corrected chi connectivity index (χ1v) is 13.8. The number of halogens is 1. The molecular formula is C23H20ClN5O4S2. The van der Waals surface area contributed by atoms with Gasteiger partial charge >= 0.3 is 10.2 Å². The van der Waals surface area contributed by atoms with Crippen LogP contribution in [0.25, 0.3) is 22.3 Å². The number of anilines is 2. The maximum absolute atomic E-state index is 13.0. The lowest BCUT2D eigenvalue weighted by molar-refractivity contribution is 0.511. The van der Waals surface area contributed by atoms with Crippen molar-refractivity contribution in [2.75, 3.05) is 29.2 Å². The van der Waals surface area contributed by atoms with Gasteiger partial charge in [-0.2, -0.15) is 12.7 Å². The predicted octanol–water partition coefficient (Wildman–Crippen LogP) is 3.75. The highest BCUT2D eigenvalue weighted by atomic mass is 35.5. The number of sulfonamides is 1. The van der Waals surface area contributed by atoms with E-state index in [4.69, 9.17) is 11.6 Å². The van der Waals surface area contributed by atoms with Crippen molar-refractivity contribution in [1.29, 1.82) is 0 Å². The summed E-state index contributed by atoms with van der Waals surface area (Å²) >= 11 is 6.37. The minimum absolute atomic E-state index is 0.00958. The third-order valence-corrected chi connectivity index (χ3v) is 9.32. The van der Waals surface area contributed by atoms with Crippen LogP contribution in [0.2, 0.25) is 5.02 Å². The van der Waals surface area contributed by atoms with Crippen LogP contribution in [0.4, 0.5) is 11.4 Å². The van der Waals surface area contributed by atoms with E-state index in [-0.39, 0.29) is 10.6 Å². The molecule has 0 unspecified atom stereocenters. The van der Waals surface area contributed by atoms with Crippen molar-refractivity contribution in [3.8, 4) is 11.4 Å². The molecule has 0 aliphatic carbocycles. The zero-order chi connectivity index (χ0) is 24.8. The van der Waals surface area contributed by atoms with Crippen LogP contribution >= 0.6 is 11.6 Å². The van der Waals surface area contributed by atoms with Crippen LogP contribution < -0.4 is 9.03 Å². The molecule has 35 heavy (non-hydrogen) atoms. The molecule has 1 N–H and O–H groups in total. The number of benzene rings is 3. The summed E-state index contributed by atoms with van der Waals surface area (Å²) < 4.78 is 55.8. The van der Waals surface area contributed by atoms with Crippen molar-refractivity contribution in [2.45, 2.75) is 4.90 Å². The quantitative estimate of drug-likeness (QED) is 0.421. The molecular weight excluding hydrogens is 510 g/mol. The molecule has 0 atom stereocenters. The minimum Gasteiger partial charge on any atom is -0.280 e. The molecule has 5 rings (SSSR count). The van der Waals surface area contributed by atoms with Crippen molar-refractivity contribution < 1.29 is 16.8 Å². The van der Waals surface area contributed by atoms with Gasteiger partial charge in [-0.15, -0.1) is 0 Å². The maximum Gasteiger partial charge on any atom is 0.303 e. The van der Waals surface area contributed by atoms with Gasteiger partial charge in [0, 0.05) is 43.0 Å². The number of hydrogen-bond acceptors (Lipinski definition) is 6. The average molecular weight is 530 g/mol. The van der Waals surface area contributed by atoms with Gasteiger partial charge in [0.2, 0.25) is 0 Å². The Bertz CT molecular complexity index is 1640. The van der Waals surface area contributed by atoms with E-state index < -0.39 is 20.2 Å². The first-order chi connectivity index (χ1) is 16.6. The highest BCUT2D eigenvalue weighted by Crippen LogP contribution is 2.31. The molecule has 0 bridgehead atoms. The summed E-state index contributed by atoms with van der Waals surface area (Å²) in [4.78, 5) is 8.90. The number of rotatable bonds is 5. The second kappa shape index (κ2) is 8.76. The highest BCUT2D eigenvalue weighted by Gasteiger charge is 2.34. The fraction of sp³-hybridized carbons (Fsp3) is 0.130. The summed E-state index contributed by atoms with van der Waals surface area (Å²) in [6, 6.07) is 17.9. The molecule has 0 amide bonds. The molecule has 1 saturated heterocycles. The summed E-state index contributed by atoms with van der Waals surface area (Å²) in [6.45, 7) is 0.664. The van der Waals surface area contributed by atoms with Gasteiger partial charge in [0.15, 0.2) is 5.82 Å². The van der Waals surface area contributed by atoms with Gasteiger partial charge in [0.25, 0.3) is 10.0 Å². The van der Waals surface area contributed by atoms with Crippen LogP contribution in [0.15, 0.2) is 77.8 Å². The van der Waals surface area contributed by atoms with Gasteiger partial charge in [0.05, 0.1) is 21.1 Å². The zero-order valence-electron chi connectivity index (χ0n) is 18.5. The molecule has 1 fully saturated rings. The van der Waals surface area contributed by atoms with Crippen molar-refractivity contribution in [2.24, 2.45) is 0 Å². The molecule has 0 spiro atoms. The highest BCUT2D eigenvalue weighted by molar-refractivity contribution is 7.92. The molecule has 3 aromatic carbocycles. The Morgan fingerprint density at radius 1 is 1.00 bits per heavy atom. The Labute approximate surface area is 208 Å². The van der Waals surface area contributed by atoms with Gasteiger partial charge in [0.1, 0.15) is 0 Å². The molecule has 1 aromatic heterocycles. The van der Waals surface area contributed by atoms with Crippen molar-refractivity contribution >= 4 is 54.1 Å². The SMILES string of the molecule is CN1CCN(c2ccc(S(=O)(=O)Nc3ccc(Cl)c(-c4ncc5ccccc5n4)c3)cc2)S1(=O)=O. The molecule has 4 aromatic rings. The van der Waals surface area contributed by atoms with Gasteiger partial charge in [-0.1, -0.05) is 29.8 Å². The second-order valence-corrected chi connectivity index (χ2v) is 12.0. The number of fused-ring (bicyclic) bond motifs is 1. The standard InChI is InChI=1S/C23H20ClN5O4S2/c1-28-12-13-29(35(28,32)33)18-7-9-19(10-8-18)34(30,31)27-17-6-11-21(24)20(14-17)23-25-15-16-4-2-3-5-22(16)26-23/h2-11,14-15,27H,12-13H2,1H3. The molecule has 180 valence electrons. The Morgan fingerprint density at radius 3 is 2.46 bits per heavy atom. The van der Waals surface area contributed by atoms with E-state index in [1.165, 1.54) is 39.9 Å². The van der Waals surface area contributed by atoms with Crippen molar-refractivity contribution in [1.82, 2.24) is 14.3 Å². The van der Waals surface area contributed by atoms with E-state index in [1.54, 1.807) is 24.4 Å². The number of likely N-dealkylation sites (N-methyl/N-ethyl adjacent to an activating group) is 1. The smallest absolute Gasteiger partial charge is 0.280 e. The van der Waals surface area contributed by atoms with Crippen molar-refractivity contribution in [3.05, 3.63) is 77.9 Å². The Balaban J connectivity index is 1.41. The molecule has 12 heteroatoms. The van der Waals surface area contributed by atoms with E-state index in [0.29, 0.717) is 35.2 Å². The molecule has 2 heterocycles. The number of hydrogen-bond donors (Lipinski definition) is 1. The molecule has 0 saturated carbocycles. The second-order valence-electron chi connectivity index (χ2n) is 7.95. The van der Waals surface area contributed by atoms with Gasteiger partial charge in [-0.3, -0.25) is 9.03 Å². The largest absolute Gasteiger partial charge is 0.303 e. The number of aromatic nitrogens is 2. The van der Waals surface area contributed by atoms with Gasteiger partial charge in [-0.05, 0) is 48.5 Å². The fourth-order valence-corrected chi connectivity index (χ4v) is 6.36. The molecule has 9 nitrogen and oxygen atoms in total. The Hall–Kier alpha value is -3.25. The van der Waals surface area contributed by atoms with Crippen molar-refractivity contribution in [3.63, 3.8) is 0 Å². The number of nitrogens with zero attached hydrogens (tertiary/aromatic N) is 4. The minimum atomic E-state index is -3.95. The monoisotopic (exact) mass is 529 g/mol. The zero-order valence-corrected chi connectivity index (χ0v) is 20.8. The van der Waals surface area contributed by atoms with Crippen LogP contribution in [0.1, 0.15) is 0 Å². The molecule has 1 aliphatic heterocycles. The Kier molecular flexibility index (Phi) is 5.88. The van der Waals surface area contributed by atoms with E-state index >= 15 is 0 Å². The average Bonchev–Trinajstić information content (AvgIpc) is 3.12. The third-order valence-electron chi connectivity index (χ3n) is 5.67. The third kappa shape index (κ3) is 4.43. The van der Waals surface area contributed by atoms with Crippen LogP contribution in [0, 0.1) is 0 Å². The Morgan fingerprint density at radius 2 is 1.74 bits per heavy atom. The van der Waals surface area contributed by atoms with Crippen LogP contribution in [0.5, 0.6) is 0 Å². The topological polar surface area (TPSA) is 113 Å². The van der Waals surface area contributed by atoms with Gasteiger partial charge in [-0.25, -0.2) is 18.4 Å². The summed E-state index contributed by atoms with van der Waals surface area (Å²) in [7, 11) is -6.04. The van der Waals surface area contributed by atoms with E-state index in [0.717, 1.165) is 10.9 Å². The predicted molar refractivity (Wildman–Crippen MR) is 136 cm³/mol. The van der Waals surface area contributed by atoms with Crippen LogP contribution in [-0.4, -0.2) is 51.2 Å². The van der Waals surface area contributed by atoms with E-state index in [9.17, 15) is 16.8 Å². The summed E-state index contributed by atoms with van der Waals surface area (Å²) in [5.41, 5.74) is 1.91. The van der Waals surface area contributed by atoms with Crippen LogP contribution in [-0.2, 0) is 20.2 Å². The summed E-state index contributed by atoms with van der Waals surface area (Å²) in [6.07, 6.45) is 1.69.